The van der Waals surface area contributed by atoms with Crippen molar-refractivity contribution >= 4 is 42.3 Å². The van der Waals surface area contributed by atoms with Crippen LogP contribution >= 0.6 is 12.6 Å². The third-order valence-electron chi connectivity index (χ3n) is 6.21. The summed E-state index contributed by atoms with van der Waals surface area (Å²) in [6, 6.07) is -2.30. The van der Waals surface area contributed by atoms with E-state index in [4.69, 9.17) is 0 Å². The number of likely N-dealkylation sites (tertiary alicyclic amines) is 1. The van der Waals surface area contributed by atoms with Gasteiger partial charge in [-0.1, -0.05) is 6.58 Å². The minimum Gasteiger partial charge on any atom is -0.357 e. The van der Waals surface area contributed by atoms with Gasteiger partial charge in [-0.25, -0.2) is 4.79 Å². The van der Waals surface area contributed by atoms with E-state index in [1.165, 1.54) is 16.8 Å². The molecule has 11 heteroatoms. The van der Waals surface area contributed by atoms with Crippen molar-refractivity contribution in [2.75, 3.05) is 20.6 Å². The van der Waals surface area contributed by atoms with Crippen LogP contribution in [0.1, 0.15) is 40.5 Å². The maximum absolute atomic E-state index is 13.0. The second-order valence-electron chi connectivity index (χ2n) is 8.92. The minimum absolute atomic E-state index is 0.0442. The van der Waals surface area contributed by atoms with Crippen LogP contribution in [0.5, 0.6) is 0 Å². The lowest BCUT2D eigenvalue weighted by molar-refractivity contribution is -0.139. The first-order valence-electron chi connectivity index (χ1n) is 10.5. The summed E-state index contributed by atoms with van der Waals surface area (Å²) in [7, 11) is 3.05. The Balaban J connectivity index is 2.00. The average Bonchev–Trinajstić information content (AvgIpc) is 3.06. The van der Waals surface area contributed by atoms with Crippen LogP contribution in [0.25, 0.3) is 0 Å². The zero-order valence-electron chi connectivity index (χ0n) is 19.5. The predicted molar refractivity (Wildman–Crippen MR) is 122 cm³/mol. The molecule has 0 saturated carbocycles. The SMILES string of the molecule is C=C(C)[C@@H](C(=O)NC)N1C(=O)[C@@H](NC(=O)[C@@H](S)CCN2C(=O)N(C)C(C)(C)C2=O)CC1C. The van der Waals surface area contributed by atoms with Crippen LogP contribution < -0.4 is 10.6 Å². The fourth-order valence-electron chi connectivity index (χ4n) is 4.01. The van der Waals surface area contributed by atoms with Crippen LogP contribution in [0, 0.1) is 0 Å². The lowest BCUT2D eigenvalue weighted by Crippen LogP contribution is -2.52. The highest BCUT2D eigenvalue weighted by atomic mass is 32.1. The summed E-state index contributed by atoms with van der Waals surface area (Å²) in [5, 5.41) is 4.42. The van der Waals surface area contributed by atoms with Gasteiger partial charge in [-0.15, -0.1) is 0 Å². The van der Waals surface area contributed by atoms with Crippen molar-refractivity contribution in [2.45, 2.75) is 69.5 Å². The van der Waals surface area contributed by atoms with Crippen molar-refractivity contribution in [3.8, 4) is 0 Å². The largest absolute Gasteiger partial charge is 0.357 e. The van der Waals surface area contributed by atoms with Crippen molar-refractivity contribution in [3.63, 3.8) is 0 Å². The monoisotopic (exact) mass is 467 g/mol. The number of nitrogens with zero attached hydrogens (tertiary/aromatic N) is 3. The molecule has 2 aliphatic rings. The highest BCUT2D eigenvalue weighted by Gasteiger charge is 2.49. The minimum atomic E-state index is -0.939. The van der Waals surface area contributed by atoms with E-state index in [0.29, 0.717) is 12.0 Å². The summed E-state index contributed by atoms with van der Waals surface area (Å²) in [6.45, 7) is 10.7. The van der Waals surface area contributed by atoms with Crippen LogP contribution in [0.2, 0.25) is 0 Å². The third-order valence-corrected chi connectivity index (χ3v) is 6.71. The lowest BCUT2D eigenvalue weighted by Gasteiger charge is -2.30. The number of carbonyl (C=O) groups is 5. The first-order chi connectivity index (χ1) is 14.7. The van der Waals surface area contributed by atoms with Crippen molar-refractivity contribution in [3.05, 3.63) is 12.2 Å². The molecule has 6 amide bonds. The molecule has 2 saturated heterocycles. The molecule has 0 aliphatic carbocycles. The van der Waals surface area contributed by atoms with E-state index in [1.54, 1.807) is 27.8 Å². The first kappa shape index (κ1) is 25.7. The predicted octanol–water partition coefficient (Wildman–Crippen LogP) is 0.144. The van der Waals surface area contributed by atoms with Crippen molar-refractivity contribution in [1.82, 2.24) is 25.3 Å². The maximum atomic E-state index is 13.0. The number of amides is 6. The molecule has 0 aromatic rings. The normalized spacial score (nSPS) is 24.6. The van der Waals surface area contributed by atoms with Crippen LogP contribution in [-0.4, -0.2) is 93.9 Å². The molecule has 0 aromatic carbocycles. The van der Waals surface area contributed by atoms with Gasteiger partial charge in [0.2, 0.25) is 17.7 Å². The van der Waals surface area contributed by atoms with E-state index in [-0.39, 0.29) is 36.7 Å². The molecule has 0 radical (unpaired) electrons. The second kappa shape index (κ2) is 9.51. The summed E-state index contributed by atoms with van der Waals surface area (Å²) in [5.41, 5.74) is -0.414. The molecule has 32 heavy (non-hydrogen) atoms. The average molecular weight is 468 g/mol. The number of rotatable bonds is 8. The quantitative estimate of drug-likeness (QED) is 0.267. The Morgan fingerprint density at radius 3 is 2.31 bits per heavy atom. The molecule has 0 bridgehead atoms. The van der Waals surface area contributed by atoms with Gasteiger partial charge < -0.3 is 20.4 Å². The third kappa shape index (κ3) is 4.62. The fraction of sp³-hybridized carbons (Fsp3) is 0.667. The Morgan fingerprint density at radius 1 is 1.25 bits per heavy atom. The molecular formula is C21H33N5O5S. The summed E-state index contributed by atoms with van der Waals surface area (Å²) in [4.78, 5) is 66.6. The Hall–Kier alpha value is -2.56. The Kier molecular flexibility index (Phi) is 7.64. The van der Waals surface area contributed by atoms with E-state index in [1.807, 2.05) is 6.92 Å². The number of thiol groups is 1. The molecule has 2 fully saturated rings. The Morgan fingerprint density at radius 2 is 1.84 bits per heavy atom. The van der Waals surface area contributed by atoms with Crippen LogP contribution in [0.15, 0.2) is 12.2 Å². The van der Waals surface area contributed by atoms with Crippen molar-refractivity contribution in [2.24, 2.45) is 0 Å². The van der Waals surface area contributed by atoms with Gasteiger partial charge in [-0.05, 0) is 46.1 Å². The van der Waals surface area contributed by atoms with Crippen LogP contribution in [0.4, 0.5) is 4.79 Å². The molecular weight excluding hydrogens is 434 g/mol. The molecule has 2 N–H and O–H groups in total. The number of carbonyl (C=O) groups excluding carboxylic acids is 5. The number of likely N-dealkylation sites (N-methyl/N-ethyl adjacent to an activating group) is 2. The number of hydrogen-bond donors (Lipinski definition) is 3. The zero-order chi connectivity index (χ0) is 24.5. The molecule has 178 valence electrons. The van der Waals surface area contributed by atoms with Gasteiger partial charge in [0.15, 0.2) is 0 Å². The summed E-state index contributed by atoms with van der Waals surface area (Å²) in [5.74, 6) is -1.51. The summed E-state index contributed by atoms with van der Waals surface area (Å²) in [6.07, 6.45) is 0.483. The van der Waals surface area contributed by atoms with E-state index < -0.39 is 34.8 Å². The standard InChI is InChI=1S/C21H33N5O5S/c1-11(2)15(17(28)22-6)26-12(3)10-13(18(26)29)23-16(27)14(32)8-9-25-19(30)21(4,5)24(7)20(25)31/h12-15,32H,1,8-10H2,2-7H3,(H,22,28)(H,23,27)/t12?,13-,14-,15-/m0/s1. The Bertz CT molecular complexity index is 844. The van der Waals surface area contributed by atoms with Crippen molar-refractivity contribution in [1.29, 1.82) is 0 Å². The smallest absolute Gasteiger partial charge is 0.327 e. The number of nitrogens with one attached hydrogen (secondary N) is 2. The summed E-state index contributed by atoms with van der Waals surface area (Å²) >= 11 is 4.31. The Labute approximate surface area is 194 Å². The number of urea groups is 1. The van der Waals surface area contributed by atoms with Gasteiger partial charge in [0, 0.05) is 26.7 Å². The lowest BCUT2D eigenvalue weighted by atomic mass is 10.1. The van der Waals surface area contributed by atoms with Gasteiger partial charge in [0.1, 0.15) is 17.6 Å². The van der Waals surface area contributed by atoms with Gasteiger partial charge in [0.25, 0.3) is 5.91 Å². The van der Waals surface area contributed by atoms with E-state index in [2.05, 4.69) is 29.8 Å². The molecule has 2 rings (SSSR count). The van der Waals surface area contributed by atoms with E-state index in [9.17, 15) is 24.0 Å². The molecule has 1 unspecified atom stereocenters. The molecule has 4 atom stereocenters. The molecule has 0 aromatic heterocycles. The summed E-state index contributed by atoms with van der Waals surface area (Å²) < 4.78 is 0. The van der Waals surface area contributed by atoms with Gasteiger partial charge in [0.05, 0.1) is 5.25 Å². The highest BCUT2D eigenvalue weighted by Crippen LogP contribution is 2.27. The highest BCUT2D eigenvalue weighted by molar-refractivity contribution is 7.81. The first-order valence-corrected chi connectivity index (χ1v) is 11.0. The second-order valence-corrected chi connectivity index (χ2v) is 9.54. The van der Waals surface area contributed by atoms with Gasteiger partial charge in [-0.3, -0.25) is 24.1 Å². The molecule has 2 aliphatic heterocycles. The van der Waals surface area contributed by atoms with E-state index in [0.717, 1.165) is 4.90 Å². The molecule has 10 nitrogen and oxygen atoms in total. The zero-order valence-corrected chi connectivity index (χ0v) is 20.4. The topological polar surface area (TPSA) is 119 Å². The van der Waals surface area contributed by atoms with Crippen molar-refractivity contribution < 1.29 is 24.0 Å². The number of hydrogen-bond acceptors (Lipinski definition) is 6. The molecule has 2 heterocycles. The fourth-order valence-corrected chi connectivity index (χ4v) is 4.20. The van der Waals surface area contributed by atoms with Crippen LogP contribution in [0.3, 0.4) is 0 Å². The van der Waals surface area contributed by atoms with Gasteiger partial charge in [-0.2, -0.15) is 12.6 Å². The maximum Gasteiger partial charge on any atom is 0.327 e. The van der Waals surface area contributed by atoms with E-state index >= 15 is 0 Å². The molecule has 0 spiro atoms. The number of imide groups is 1. The van der Waals surface area contributed by atoms with Gasteiger partial charge >= 0.3 is 6.03 Å². The van der Waals surface area contributed by atoms with Crippen LogP contribution in [-0.2, 0) is 19.2 Å².